The maximum atomic E-state index is 2.44. The number of para-hydroxylation sites is 2. The van der Waals surface area contributed by atoms with Gasteiger partial charge in [-0.3, -0.25) is 0 Å². The molecule has 0 N–H and O–H groups in total. The molecule has 11 aromatic rings. The lowest BCUT2D eigenvalue weighted by Gasteiger charge is -2.26. The van der Waals surface area contributed by atoms with Crippen LogP contribution in [0.2, 0.25) is 0 Å². The van der Waals surface area contributed by atoms with Gasteiger partial charge in [0.05, 0.1) is 11.0 Å². The summed E-state index contributed by atoms with van der Waals surface area (Å²) in [6.45, 7) is 0. The van der Waals surface area contributed by atoms with Gasteiger partial charge >= 0.3 is 0 Å². The molecule has 2 nitrogen and oxygen atoms in total. The molecule has 52 heavy (non-hydrogen) atoms. The molecule has 0 saturated carbocycles. The van der Waals surface area contributed by atoms with E-state index in [0.29, 0.717) is 0 Å². The van der Waals surface area contributed by atoms with Gasteiger partial charge in [-0.15, -0.1) is 0 Å². The minimum Gasteiger partial charge on any atom is -0.310 e. The molecule has 0 aliphatic heterocycles. The molecule has 10 aromatic carbocycles. The Kier molecular flexibility index (Phi) is 6.28. The fourth-order valence-corrected chi connectivity index (χ4v) is 8.56. The monoisotopic (exact) mass is 660 g/mol. The number of aromatic nitrogens is 1. The highest BCUT2D eigenvalue weighted by molar-refractivity contribution is 6.26. The zero-order valence-electron chi connectivity index (χ0n) is 28.4. The first-order valence-corrected chi connectivity index (χ1v) is 17.9. The first kappa shape index (κ1) is 28.9. The predicted octanol–water partition coefficient (Wildman–Crippen LogP) is 14.0. The summed E-state index contributed by atoms with van der Waals surface area (Å²) >= 11 is 0. The molecule has 1 aromatic heterocycles. The molecule has 0 aliphatic carbocycles. The van der Waals surface area contributed by atoms with Crippen molar-refractivity contribution in [1.29, 1.82) is 0 Å². The topological polar surface area (TPSA) is 8.17 Å². The van der Waals surface area contributed by atoms with Gasteiger partial charge in [0.2, 0.25) is 0 Å². The zero-order valence-corrected chi connectivity index (χ0v) is 28.4. The van der Waals surface area contributed by atoms with E-state index in [1.54, 1.807) is 0 Å². The summed E-state index contributed by atoms with van der Waals surface area (Å²) in [5.41, 5.74) is 6.88. The molecule has 0 fully saturated rings. The van der Waals surface area contributed by atoms with Gasteiger partial charge in [0, 0.05) is 33.5 Å². The van der Waals surface area contributed by atoms with Gasteiger partial charge in [-0.1, -0.05) is 140 Å². The Balaban J connectivity index is 1.17. The van der Waals surface area contributed by atoms with Crippen molar-refractivity contribution < 1.29 is 0 Å². The summed E-state index contributed by atoms with van der Waals surface area (Å²) in [5.74, 6) is 0. The number of fused-ring (bicyclic) bond motifs is 12. The predicted molar refractivity (Wildman–Crippen MR) is 223 cm³/mol. The maximum Gasteiger partial charge on any atom is 0.0561 e. The van der Waals surface area contributed by atoms with Crippen LogP contribution in [0.1, 0.15) is 0 Å². The quantitative estimate of drug-likeness (QED) is 0.171. The van der Waals surface area contributed by atoms with E-state index in [9.17, 15) is 0 Å². The van der Waals surface area contributed by atoms with Crippen molar-refractivity contribution in [2.75, 3.05) is 4.90 Å². The van der Waals surface area contributed by atoms with Crippen LogP contribution in [-0.2, 0) is 0 Å². The second-order valence-electron chi connectivity index (χ2n) is 13.7. The minimum absolute atomic E-state index is 1.11. The standard InChI is InChI=1S/C50H32N2/c1-2-13-35(14-3-1)51(36-26-28-44-42-18-7-6-16-40(42)41-17-8-9-19-43(41)48(44)31-36)38-27-29-46-45-20-10-11-21-49(45)52(50(46)32-38)37-25-24-34-23-22-33-12-4-5-15-39(33)47(34)30-37/h1-32H. The minimum atomic E-state index is 1.11. The molecule has 0 unspecified atom stereocenters. The molecule has 1 heterocycles. The van der Waals surface area contributed by atoms with E-state index in [1.165, 1.54) is 75.7 Å². The maximum absolute atomic E-state index is 2.44. The third kappa shape index (κ3) is 4.31. The number of benzene rings is 10. The van der Waals surface area contributed by atoms with E-state index in [1.807, 2.05) is 0 Å². The summed E-state index contributed by atoms with van der Waals surface area (Å²) in [6, 6.07) is 71.1. The fourth-order valence-electron chi connectivity index (χ4n) is 8.56. The van der Waals surface area contributed by atoms with Crippen molar-refractivity contribution in [2.24, 2.45) is 0 Å². The summed E-state index contributed by atoms with van der Waals surface area (Å²) in [5, 5.41) is 15.2. The van der Waals surface area contributed by atoms with Crippen LogP contribution in [0.15, 0.2) is 194 Å². The zero-order chi connectivity index (χ0) is 34.2. The summed E-state index contributed by atoms with van der Waals surface area (Å²) < 4.78 is 2.44. The average molecular weight is 661 g/mol. The Hall–Kier alpha value is -6.90. The molecule has 0 amide bonds. The highest BCUT2D eigenvalue weighted by Crippen LogP contribution is 2.43. The molecule has 242 valence electrons. The molecule has 0 atom stereocenters. The number of hydrogen-bond donors (Lipinski definition) is 0. The molecule has 0 aliphatic rings. The highest BCUT2D eigenvalue weighted by atomic mass is 15.1. The van der Waals surface area contributed by atoms with Crippen molar-refractivity contribution >= 4 is 92.7 Å². The molecule has 0 bridgehead atoms. The van der Waals surface area contributed by atoms with Crippen LogP contribution in [0.4, 0.5) is 17.1 Å². The van der Waals surface area contributed by atoms with Gasteiger partial charge in [-0.25, -0.2) is 0 Å². The van der Waals surface area contributed by atoms with E-state index < -0.39 is 0 Å². The van der Waals surface area contributed by atoms with E-state index in [-0.39, 0.29) is 0 Å². The van der Waals surface area contributed by atoms with Crippen LogP contribution in [0.25, 0.3) is 81.4 Å². The first-order chi connectivity index (χ1) is 25.8. The molecule has 2 heteroatoms. The third-order valence-electron chi connectivity index (χ3n) is 10.9. The number of anilines is 3. The van der Waals surface area contributed by atoms with Crippen LogP contribution in [0, 0.1) is 0 Å². The van der Waals surface area contributed by atoms with Crippen LogP contribution in [-0.4, -0.2) is 4.57 Å². The van der Waals surface area contributed by atoms with Crippen molar-refractivity contribution in [3.05, 3.63) is 194 Å². The summed E-state index contributed by atoms with van der Waals surface area (Å²) in [7, 11) is 0. The second kappa shape index (κ2) is 11.3. The lowest BCUT2D eigenvalue weighted by Crippen LogP contribution is -2.10. The Labute approximate surface area is 301 Å². The molecule has 0 spiro atoms. The molecular formula is C50H32N2. The third-order valence-corrected chi connectivity index (χ3v) is 10.9. The van der Waals surface area contributed by atoms with E-state index >= 15 is 0 Å². The van der Waals surface area contributed by atoms with Gasteiger partial charge in [-0.05, 0) is 108 Å². The lowest BCUT2D eigenvalue weighted by molar-refractivity contribution is 1.18. The summed E-state index contributed by atoms with van der Waals surface area (Å²) in [6.07, 6.45) is 0. The van der Waals surface area contributed by atoms with Crippen LogP contribution >= 0.6 is 0 Å². The smallest absolute Gasteiger partial charge is 0.0561 e. The van der Waals surface area contributed by atoms with Crippen molar-refractivity contribution in [2.45, 2.75) is 0 Å². The van der Waals surface area contributed by atoms with Gasteiger partial charge in [0.1, 0.15) is 0 Å². The number of rotatable bonds is 4. The van der Waals surface area contributed by atoms with Gasteiger partial charge in [-0.2, -0.15) is 0 Å². The van der Waals surface area contributed by atoms with Crippen molar-refractivity contribution in [1.82, 2.24) is 4.57 Å². The van der Waals surface area contributed by atoms with Crippen LogP contribution in [0.3, 0.4) is 0 Å². The van der Waals surface area contributed by atoms with E-state index in [4.69, 9.17) is 0 Å². The Bertz CT molecular complexity index is 3150. The second-order valence-corrected chi connectivity index (χ2v) is 13.7. The lowest BCUT2D eigenvalue weighted by atomic mass is 9.94. The Morgan fingerprint density at radius 2 is 0.769 bits per heavy atom. The SMILES string of the molecule is c1ccc(N(c2ccc3c4ccccc4c4ccccc4c3c2)c2ccc3c4ccccc4n(-c4ccc5ccc6ccccc6c5c4)c3c2)cc1. The van der Waals surface area contributed by atoms with Crippen LogP contribution in [0.5, 0.6) is 0 Å². The van der Waals surface area contributed by atoms with E-state index in [2.05, 4.69) is 204 Å². The summed E-state index contributed by atoms with van der Waals surface area (Å²) in [4.78, 5) is 2.40. The van der Waals surface area contributed by atoms with Gasteiger partial charge < -0.3 is 9.47 Å². The largest absolute Gasteiger partial charge is 0.310 e. The Morgan fingerprint density at radius 1 is 0.269 bits per heavy atom. The molecule has 0 saturated heterocycles. The fraction of sp³-hybridized carbons (Fsp3) is 0. The van der Waals surface area contributed by atoms with Gasteiger partial charge in [0.25, 0.3) is 0 Å². The molecule has 11 rings (SSSR count). The molecule has 0 radical (unpaired) electrons. The number of nitrogens with zero attached hydrogens (tertiary/aromatic N) is 2. The first-order valence-electron chi connectivity index (χ1n) is 17.9. The van der Waals surface area contributed by atoms with E-state index in [0.717, 1.165) is 22.7 Å². The normalized spacial score (nSPS) is 11.8. The van der Waals surface area contributed by atoms with Crippen molar-refractivity contribution in [3.8, 4) is 5.69 Å². The van der Waals surface area contributed by atoms with Crippen molar-refractivity contribution in [3.63, 3.8) is 0 Å². The van der Waals surface area contributed by atoms with Gasteiger partial charge in [0.15, 0.2) is 0 Å². The highest BCUT2D eigenvalue weighted by Gasteiger charge is 2.19. The number of hydrogen-bond acceptors (Lipinski definition) is 1. The Morgan fingerprint density at radius 3 is 1.50 bits per heavy atom. The average Bonchev–Trinajstić information content (AvgIpc) is 3.55. The van der Waals surface area contributed by atoms with Crippen LogP contribution < -0.4 is 4.90 Å². The molecular weight excluding hydrogens is 629 g/mol.